The Kier molecular flexibility index (Phi) is 3.56. The van der Waals surface area contributed by atoms with Crippen LogP contribution in [0.2, 0.25) is 5.15 Å². The lowest BCUT2D eigenvalue weighted by atomic mass is 9.80. The zero-order valence-corrected chi connectivity index (χ0v) is 13.2. The minimum Gasteiger partial charge on any atom is -0.279 e. The Labute approximate surface area is 119 Å². The molecule has 0 bridgehead atoms. The Morgan fingerprint density at radius 3 is 2.42 bits per heavy atom. The molecular formula is C14H21ClN4. The number of rotatable bonds is 2. The summed E-state index contributed by atoms with van der Waals surface area (Å²) in [6, 6.07) is 0. The van der Waals surface area contributed by atoms with Gasteiger partial charge < -0.3 is 0 Å². The van der Waals surface area contributed by atoms with Crippen molar-refractivity contribution < 1.29 is 0 Å². The van der Waals surface area contributed by atoms with Gasteiger partial charge >= 0.3 is 0 Å². The predicted octanol–water partition coefficient (Wildman–Crippen LogP) is 3.62. The first kappa shape index (κ1) is 14.3. The Morgan fingerprint density at radius 1 is 1.21 bits per heavy atom. The van der Waals surface area contributed by atoms with Crippen LogP contribution in [0.3, 0.4) is 0 Å². The standard InChI is InChI=1S/C14H21ClN4/c1-8(14(4,5)6)7-11-17-18-13-12(15)16-9(2)10(3)19(11)13/h8H,7H2,1-6H3. The van der Waals surface area contributed by atoms with E-state index in [0.29, 0.717) is 16.7 Å². The minimum absolute atomic E-state index is 0.242. The lowest BCUT2D eigenvalue weighted by molar-refractivity contribution is 0.256. The molecule has 0 aliphatic rings. The second-order valence-corrected chi connectivity index (χ2v) is 6.68. The highest BCUT2D eigenvalue weighted by Gasteiger charge is 2.23. The van der Waals surface area contributed by atoms with Gasteiger partial charge in [-0.05, 0) is 25.2 Å². The Hall–Kier alpha value is -1.16. The van der Waals surface area contributed by atoms with Crippen LogP contribution >= 0.6 is 11.6 Å². The van der Waals surface area contributed by atoms with Crippen LogP contribution in [0.25, 0.3) is 5.65 Å². The Bertz CT molecular complexity index is 610. The molecule has 0 fully saturated rings. The Morgan fingerprint density at radius 2 is 1.84 bits per heavy atom. The van der Waals surface area contributed by atoms with Crippen LogP contribution in [0.4, 0.5) is 0 Å². The van der Waals surface area contributed by atoms with Gasteiger partial charge in [0.05, 0.1) is 5.69 Å². The second kappa shape index (κ2) is 4.75. The number of aryl methyl sites for hydroxylation is 2. The molecule has 2 rings (SSSR count). The van der Waals surface area contributed by atoms with E-state index in [4.69, 9.17) is 11.6 Å². The Balaban J connectivity index is 2.51. The highest BCUT2D eigenvalue weighted by atomic mass is 35.5. The van der Waals surface area contributed by atoms with Crippen molar-refractivity contribution in [2.24, 2.45) is 11.3 Å². The second-order valence-electron chi connectivity index (χ2n) is 6.32. The van der Waals surface area contributed by atoms with Crippen molar-refractivity contribution in [1.29, 1.82) is 0 Å². The van der Waals surface area contributed by atoms with E-state index in [9.17, 15) is 0 Å². The fourth-order valence-electron chi connectivity index (χ4n) is 1.95. The number of aromatic nitrogens is 4. The summed E-state index contributed by atoms with van der Waals surface area (Å²) in [7, 11) is 0. The van der Waals surface area contributed by atoms with Crippen molar-refractivity contribution in [2.45, 2.75) is 48.0 Å². The largest absolute Gasteiger partial charge is 0.279 e. The van der Waals surface area contributed by atoms with E-state index in [2.05, 4.69) is 42.9 Å². The molecule has 4 nitrogen and oxygen atoms in total. The zero-order chi connectivity index (χ0) is 14.4. The molecular weight excluding hydrogens is 260 g/mol. The van der Waals surface area contributed by atoms with Gasteiger partial charge in [0.2, 0.25) is 0 Å². The molecule has 0 spiro atoms. The van der Waals surface area contributed by atoms with Crippen molar-refractivity contribution >= 4 is 17.2 Å². The van der Waals surface area contributed by atoms with Crippen molar-refractivity contribution in [1.82, 2.24) is 19.6 Å². The molecule has 2 aromatic rings. The molecule has 0 saturated carbocycles. The summed E-state index contributed by atoms with van der Waals surface area (Å²) in [5.74, 6) is 1.47. The van der Waals surface area contributed by atoms with E-state index in [0.717, 1.165) is 23.6 Å². The smallest absolute Gasteiger partial charge is 0.198 e. The fraction of sp³-hybridized carbons (Fsp3) is 0.643. The first-order valence-electron chi connectivity index (χ1n) is 6.58. The van der Waals surface area contributed by atoms with E-state index in [1.807, 2.05) is 18.2 Å². The van der Waals surface area contributed by atoms with E-state index in [1.165, 1.54) is 0 Å². The average Bonchev–Trinajstić information content (AvgIpc) is 2.69. The molecule has 0 aromatic carbocycles. The number of hydrogen-bond donors (Lipinski definition) is 0. The quantitative estimate of drug-likeness (QED) is 0.844. The summed E-state index contributed by atoms with van der Waals surface area (Å²) >= 11 is 6.14. The lowest BCUT2D eigenvalue weighted by Crippen LogP contribution is -2.21. The normalized spacial score (nSPS) is 14.1. The molecule has 5 heteroatoms. The van der Waals surface area contributed by atoms with Crippen molar-refractivity contribution in [3.05, 3.63) is 22.4 Å². The molecule has 0 amide bonds. The molecule has 0 N–H and O–H groups in total. The molecule has 104 valence electrons. The van der Waals surface area contributed by atoms with Crippen molar-refractivity contribution in [2.75, 3.05) is 0 Å². The highest BCUT2D eigenvalue weighted by molar-refractivity contribution is 6.32. The third kappa shape index (κ3) is 2.59. The SMILES string of the molecule is Cc1nc(Cl)c2nnc(CC(C)C(C)(C)C)n2c1C. The van der Waals surface area contributed by atoms with Crippen LogP contribution in [0.15, 0.2) is 0 Å². The van der Waals surface area contributed by atoms with Gasteiger partial charge in [-0.2, -0.15) is 0 Å². The van der Waals surface area contributed by atoms with Gasteiger partial charge in [0.15, 0.2) is 10.8 Å². The predicted molar refractivity (Wildman–Crippen MR) is 77.6 cm³/mol. The van der Waals surface area contributed by atoms with Crippen molar-refractivity contribution in [3.8, 4) is 0 Å². The number of fused-ring (bicyclic) bond motifs is 1. The molecule has 0 aliphatic carbocycles. The van der Waals surface area contributed by atoms with Gasteiger partial charge in [-0.25, -0.2) is 4.98 Å². The van der Waals surface area contributed by atoms with Crippen LogP contribution in [-0.4, -0.2) is 19.6 Å². The molecule has 1 unspecified atom stereocenters. The molecule has 0 aliphatic heterocycles. The van der Waals surface area contributed by atoms with Gasteiger partial charge in [0, 0.05) is 12.1 Å². The molecule has 19 heavy (non-hydrogen) atoms. The maximum atomic E-state index is 6.14. The van der Waals surface area contributed by atoms with E-state index < -0.39 is 0 Å². The summed E-state index contributed by atoms with van der Waals surface area (Å²) in [6.45, 7) is 13.0. The minimum atomic E-state index is 0.242. The van der Waals surface area contributed by atoms with Gasteiger partial charge in [0.1, 0.15) is 5.82 Å². The van der Waals surface area contributed by atoms with E-state index in [-0.39, 0.29) is 5.41 Å². The third-order valence-corrected chi connectivity index (χ3v) is 4.26. The summed E-state index contributed by atoms with van der Waals surface area (Å²) < 4.78 is 2.03. The molecule has 2 heterocycles. The van der Waals surface area contributed by atoms with Gasteiger partial charge in [-0.1, -0.05) is 39.3 Å². The van der Waals surface area contributed by atoms with Crippen molar-refractivity contribution in [3.63, 3.8) is 0 Å². The van der Waals surface area contributed by atoms with Gasteiger partial charge in [-0.15, -0.1) is 10.2 Å². The monoisotopic (exact) mass is 280 g/mol. The summed E-state index contributed by atoms with van der Waals surface area (Å²) in [5.41, 5.74) is 2.87. The number of halogens is 1. The molecule has 0 saturated heterocycles. The maximum absolute atomic E-state index is 6.14. The van der Waals surface area contributed by atoms with E-state index >= 15 is 0 Å². The van der Waals surface area contributed by atoms with Gasteiger partial charge in [-0.3, -0.25) is 4.40 Å². The molecule has 0 radical (unpaired) electrons. The summed E-state index contributed by atoms with van der Waals surface area (Å²) in [5, 5.41) is 8.90. The number of nitrogens with zero attached hydrogens (tertiary/aromatic N) is 4. The van der Waals surface area contributed by atoms with Crippen LogP contribution in [-0.2, 0) is 6.42 Å². The summed E-state index contributed by atoms with van der Waals surface area (Å²) in [4.78, 5) is 4.28. The average molecular weight is 281 g/mol. The zero-order valence-electron chi connectivity index (χ0n) is 12.5. The molecule has 1 atom stereocenters. The van der Waals surface area contributed by atoms with Crippen LogP contribution in [0, 0.1) is 25.2 Å². The highest BCUT2D eigenvalue weighted by Crippen LogP contribution is 2.29. The third-order valence-electron chi connectivity index (χ3n) is 4.01. The number of hydrogen-bond acceptors (Lipinski definition) is 3. The first-order chi connectivity index (χ1) is 8.71. The first-order valence-corrected chi connectivity index (χ1v) is 6.96. The van der Waals surface area contributed by atoms with E-state index in [1.54, 1.807) is 0 Å². The summed E-state index contributed by atoms with van der Waals surface area (Å²) in [6.07, 6.45) is 0.880. The van der Waals surface area contributed by atoms with Gasteiger partial charge in [0.25, 0.3) is 0 Å². The molecule has 2 aromatic heterocycles. The fourth-order valence-corrected chi connectivity index (χ4v) is 2.20. The lowest BCUT2D eigenvalue weighted by Gasteiger charge is -2.26. The van der Waals surface area contributed by atoms with Crippen LogP contribution in [0.1, 0.15) is 44.9 Å². The topological polar surface area (TPSA) is 43.1 Å². The van der Waals surface area contributed by atoms with Crippen LogP contribution < -0.4 is 0 Å². The van der Waals surface area contributed by atoms with Crippen LogP contribution in [0.5, 0.6) is 0 Å². The maximum Gasteiger partial charge on any atom is 0.198 e.